The number of hydrogen-bond donors (Lipinski definition) is 0. The third-order valence-corrected chi connectivity index (χ3v) is 2.40. The van der Waals surface area contributed by atoms with Crippen molar-refractivity contribution in [1.29, 1.82) is 0 Å². The Morgan fingerprint density at radius 3 is 2.44 bits per heavy atom. The van der Waals surface area contributed by atoms with Crippen LogP contribution < -0.4 is 4.74 Å². The summed E-state index contributed by atoms with van der Waals surface area (Å²) in [5.41, 5.74) is 1.03. The Kier molecular flexibility index (Phi) is 3.28. The minimum absolute atomic E-state index is 0.701. The summed E-state index contributed by atoms with van der Waals surface area (Å²) in [6.07, 6.45) is 1.79. The van der Waals surface area contributed by atoms with Crippen molar-refractivity contribution in [2.24, 2.45) is 0 Å². The van der Waals surface area contributed by atoms with Crippen LogP contribution >= 0.6 is 11.6 Å². The Hall–Kier alpha value is -1.73. The van der Waals surface area contributed by atoms with E-state index in [1.54, 1.807) is 18.2 Å². The van der Waals surface area contributed by atoms with Crippen LogP contribution in [0.15, 0.2) is 55.1 Å². The minimum Gasteiger partial charge on any atom is -0.457 e. The largest absolute Gasteiger partial charge is 0.457 e. The van der Waals surface area contributed by atoms with Crippen LogP contribution in [0.5, 0.6) is 11.5 Å². The van der Waals surface area contributed by atoms with Crippen LogP contribution in [0.4, 0.5) is 0 Å². The Morgan fingerprint density at radius 1 is 1.00 bits per heavy atom. The summed E-state index contributed by atoms with van der Waals surface area (Å²) in [6.45, 7) is 3.72. The predicted molar refractivity (Wildman–Crippen MR) is 68.1 cm³/mol. The lowest BCUT2D eigenvalue weighted by atomic mass is 10.2. The molecule has 0 fully saturated rings. The molecule has 0 unspecified atom stereocenters. The molecular weight excluding hydrogens is 220 g/mol. The maximum Gasteiger partial charge on any atom is 0.128 e. The standard InChI is InChI=1S/C14H11ClO/c1-2-11-4-3-5-14(10-11)16-13-8-6-12(15)7-9-13/h2-10H,1H2. The van der Waals surface area contributed by atoms with Crippen molar-refractivity contribution >= 4 is 17.7 Å². The van der Waals surface area contributed by atoms with Crippen molar-refractivity contribution in [3.63, 3.8) is 0 Å². The lowest BCUT2D eigenvalue weighted by molar-refractivity contribution is 0.482. The Bertz CT molecular complexity index is 488. The highest BCUT2D eigenvalue weighted by atomic mass is 35.5. The second-order valence-corrected chi connectivity index (χ2v) is 3.77. The zero-order valence-electron chi connectivity index (χ0n) is 8.69. The molecule has 0 amide bonds. The van der Waals surface area contributed by atoms with Crippen molar-refractivity contribution in [3.05, 3.63) is 65.7 Å². The van der Waals surface area contributed by atoms with E-state index in [1.807, 2.05) is 36.4 Å². The van der Waals surface area contributed by atoms with E-state index in [1.165, 1.54) is 0 Å². The first kappa shape index (κ1) is 10.8. The summed E-state index contributed by atoms with van der Waals surface area (Å²) >= 11 is 5.79. The van der Waals surface area contributed by atoms with E-state index in [2.05, 4.69) is 6.58 Å². The number of halogens is 1. The lowest BCUT2D eigenvalue weighted by Gasteiger charge is -2.06. The number of hydrogen-bond acceptors (Lipinski definition) is 1. The molecule has 0 radical (unpaired) electrons. The molecule has 0 saturated heterocycles. The van der Waals surface area contributed by atoms with E-state index in [-0.39, 0.29) is 0 Å². The first-order valence-corrected chi connectivity index (χ1v) is 5.31. The average Bonchev–Trinajstić information content (AvgIpc) is 2.32. The Morgan fingerprint density at radius 2 is 1.75 bits per heavy atom. The molecule has 0 aliphatic rings. The van der Waals surface area contributed by atoms with Gasteiger partial charge in [-0.25, -0.2) is 0 Å². The molecule has 0 saturated carbocycles. The van der Waals surface area contributed by atoms with Gasteiger partial charge in [-0.1, -0.05) is 36.4 Å². The molecule has 0 aliphatic carbocycles. The molecule has 1 nitrogen and oxygen atoms in total. The monoisotopic (exact) mass is 230 g/mol. The van der Waals surface area contributed by atoms with Crippen LogP contribution in [0.3, 0.4) is 0 Å². The summed E-state index contributed by atoms with van der Waals surface area (Å²) in [5.74, 6) is 1.56. The van der Waals surface area contributed by atoms with Gasteiger partial charge in [0.25, 0.3) is 0 Å². The van der Waals surface area contributed by atoms with Crippen molar-refractivity contribution in [1.82, 2.24) is 0 Å². The van der Waals surface area contributed by atoms with E-state index in [9.17, 15) is 0 Å². The van der Waals surface area contributed by atoms with Gasteiger partial charge in [0, 0.05) is 5.02 Å². The van der Waals surface area contributed by atoms with Gasteiger partial charge in [0.2, 0.25) is 0 Å². The van der Waals surface area contributed by atoms with Gasteiger partial charge in [0.15, 0.2) is 0 Å². The molecule has 2 aromatic rings. The van der Waals surface area contributed by atoms with Crippen molar-refractivity contribution in [2.45, 2.75) is 0 Å². The molecule has 2 heteroatoms. The van der Waals surface area contributed by atoms with Gasteiger partial charge in [0.05, 0.1) is 0 Å². The van der Waals surface area contributed by atoms with Crippen LogP contribution in [0.25, 0.3) is 6.08 Å². The summed E-state index contributed by atoms with van der Waals surface area (Å²) in [4.78, 5) is 0. The fraction of sp³-hybridized carbons (Fsp3) is 0. The van der Waals surface area contributed by atoms with Crippen molar-refractivity contribution in [3.8, 4) is 11.5 Å². The van der Waals surface area contributed by atoms with Gasteiger partial charge in [-0.3, -0.25) is 0 Å². The maximum atomic E-state index is 5.79. The van der Waals surface area contributed by atoms with Crippen LogP contribution in [-0.2, 0) is 0 Å². The molecule has 16 heavy (non-hydrogen) atoms. The molecule has 2 aromatic carbocycles. The van der Waals surface area contributed by atoms with Gasteiger partial charge in [-0.2, -0.15) is 0 Å². The molecule has 0 N–H and O–H groups in total. The molecule has 0 bridgehead atoms. The second-order valence-electron chi connectivity index (χ2n) is 3.33. The smallest absolute Gasteiger partial charge is 0.128 e. The molecule has 0 aromatic heterocycles. The molecule has 0 spiro atoms. The lowest BCUT2D eigenvalue weighted by Crippen LogP contribution is -1.84. The summed E-state index contributed by atoms with van der Waals surface area (Å²) in [7, 11) is 0. The molecule has 0 atom stereocenters. The number of ether oxygens (including phenoxy) is 1. The third-order valence-electron chi connectivity index (χ3n) is 2.14. The van der Waals surface area contributed by atoms with E-state index in [4.69, 9.17) is 16.3 Å². The van der Waals surface area contributed by atoms with Crippen molar-refractivity contribution in [2.75, 3.05) is 0 Å². The maximum absolute atomic E-state index is 5.79. The van der Waals surface area contributed by atoms with Crippen LogP contribution in [0.2, 0.25) is 5.02 Å². The van der Waals surface area contributed by atoms with Gasteiger partial charge < -0.3 is 4.74 Å². The van der Waals surface area contributed by atoms with Crippen LogP contribution in [0.1, 0.15) is 5.56 Å². The van der Waals surface area contributed by atoms with Gasteiger partial charge in [-0.05, 0) is 42.0 Å². The average molecular weight is 231 g/mol. The highest BCUT2D eigenvalue weighted by molar-refractivity contribution is 6.30. The van der Waals surface area contributed by atoms with Crippen LogP contribution in [0, 0.1) is 0 Å². The summed E-state index contributed by atoms with van der Waals surface area (Å²) in [5, 5.41) is 0.701. The first-order chi connectivity index (χ1) is 7.78. The van der Waals surface area contributed by atoms with E-state index >= 15 is 0 Å². The highest BCUT2D eigenvalue weighted by Gasteiger charge is 1.97. The fourth-order valence-corrected chi connectivity index (χ4v) is 1.47. The van der Waals surface area contributed by atoms with Gasteiger partial charge in [0.1, 0.15) is 11.5 Å². The first-order valence-electron chi connectivity index (χ1n) is 4.94. The van der Waals surface area contributed by atoms with E-state index in [0.717, 1.165) is 17.1 Å². The second kappa shape index (κ2) is 4.86. The highest BCUT2D eigenvalue weighted by Crippen LogP contribution is 2.23. The fourth-order valence-electron chi connectivity index (χ4n) is 1.34. The molecule has 80 valence electrons. The summed E-state index contributed by atoms with van der Waals surface area (Å²) in [6, 6.07) is 15.0. The number of rotatable bonds is 3. The number of benzene rings is 2. The molecular formula is C14H11ClO. The predicted octanol–water partition coefficient (Wildman–Crippen LogP) is 4.78. The quantitative estimate of drug-likeness (QED) is 0.738. The topological polar surface area (TPSA) is 9.23 Å². The SMILES string of the molecule is C=Cc1cccc(Oc2ccc(Cl)cc2)c1. The Labute approximate surface area is 99.9 Å². The molecule has 0 heterocycles. The van der Waals surface area contributed by atoms with Gasteiger partial charge in [-0.15, -0.1) is 0 Å². The summed E-state index contributed by atoms with van der Waals surface area (Å²) < 4.78 is 5.67. The van der Waals surface area contributed by atoms with Crippen LogP contribution in [-0.4, -0.2) is 0 Å². The van der Waals surface area contributed by atoms with E-state index < -0.39 is 0 Å². The molecule has 0 aliphatic heterocycles. The van der Waals surface area contributed by atoms with E-state index in [0.29, 0.717) is 5.02 Å². The van der Waals surface area contributed by atoms with Gasteiger partial charge >= 0.3 is 0 Å². The molecule has 2 rings (SSSR count). The van der Waals surface area contributed by atoms with Crippen molar-refractivity contribution < 1.29 is 4.74 Å². The minimum atomic E-state index is 0.701. The Balaban J connectivity index is 2.20. The third kappa shape index (κ3) is 2.65. The normalized spacial score (nSPS) is 9.81. The zero-order chi connectivity index (χ0) is 11.4. The zero-order valence-corrected chi connectivity index (χ0v) is 9.45.